The van der Waals surface area contributed by atoms with Crippen LogP contribution in [0.4, 0.5) is 0 Å². The second-order valence-electron chi connectivity index (χ2n) is 2.97. The Labute approximate surface area is 78.4 Å². The molecule has 0 aromatic heterocycles. The smallest absolute Gasteiger partial charge is 0.0992 e. The molecule has 2 rings (SSSR count). The molecule has 1 aliphatic carbocycles. The van der Waals surface area contributed by atoms with Gasteiger partial charge in [0.2, 0.25) is 0 Å². The second kappa shape index (κ2) is 3.62. The van der Waals surface area contributed by atoms with Gasteiger partial charge in [0.1, 0.15) is 0 Å². The van der Waals surface area contributed by atoms with Gasteiger partial charge < -0.3 is 0 Å². The van der Waals surface area contributed by atoms with E-state index in [1.165, 1.54) is 5.57 Å². The van der Waals surface area contributed by atoms with Crippen molar-refractivity contribution in [2.75, 3.05) is 6.61 Å². The Hall–Kier alpha value is -1.28. The summed E-state index contributed by atoms with van der Waals surface area (Å²) < 4.78 is 0. The third kappa shape index (κ3) is 1.58. The zero-order chi connectivity index (χ0) is 9.10. The number of rotatable bonds is 2. The van der Waals surface area contributed by atoms with E-state index in [4.69, 9.17) is 4.84 Å². The van der Waals surface area contributed by atoms with Gasteiger partial charge in [0, 0.05) is 6.20 Å². The molecular formula is C11H13NO. The molecule has 0 spiro atoms. The van der Waals surface area contributed by atoms with Crippen LogP contribution in [0.15, 0.2) is 48.2 Å². The molecule has 13 heavy (non-hydrogen) atoms. The summed E-state index contributed by atoms with van der Waals surface area (Å²) in [4.78, 5) is 5.47. The lowest BCUT2D eigenvalue weighted by molar-refractivity contribution is -0.126. The number of hydrogen-bond acceptors (Lipinski definition) is 2. The quantitative estimate of drug-likeness (QED) is 0.638. The number of nitrogens with zero attached hydrogens (tertiary/aromatic N) is 1. The SMILES string of the molecule is CCON1C=CC=C2C=CC=CC21. The average molecular weight is 175 g/mol. The van der Waals surface area contributed by atoms with Crippen molar-refractivity contribution >= 4 is 0 Å². The standard InChI is InChI=1S/C11H13NO/c1-2-13-12-9-5-7-10-6-3-4-8-11(10)12/h3-9,11H,2H2,1H3. The summed E-state index contributed by atoms with van der Waals surface area (Å²) in [6.07, 6.45) is 14.4. The maximum atomic E-state index is 5.47. The fraction of sp³-hybridized carbons (Fsp3) is 0.273. The first kappa shape index (κ1) is 8.32. The molecule has 2 heteroatoms. The molecule has 0 fully saturated rings. The molecular weight excluding hydrogens is 162 g/mol. The molecule has 0 saturated heterocycles. The second-order valence-corrected chi connectivity index (χ2v) is 2.97. The van der Waals surface area contributed by atoms with E-state index in [1.54, 1.807) is 0 Å². The van der Waals surface area contributed by atoms with Crippen LogP contribution in [0.3, 0.4) is 0 Å². The lowest BCUT2D eigenvalue weighted by Crippen LogP contribution is -2.32. The van der Waals surface area contributed by atoms with Gasteiger partial charge in [0.25, 0.3) is 0 Å². The van der Waals surface area contributed by atoms with Gasteiger partial charge >= 0.3 is 0 Å². The van der Waals surface area contributed by atoms with Crippen molar-refractivity contribution in [3.05, 3.63) is 48.2 Å². The summed E-state index contributed by atoms with van der Waals surface area (Å²) >= 11 is 0. The van der Waals surface area contributed by atoms with Crippen LogP contribution in [-0.2, 0) is 4.84 Å². The van der Waals surface area contributed by atoms with Crippen molar-refractivity contribution in [2.24, 2.45) is 0 Å². The van der Waals surface area contributed by atoms with Gasteiger partial charge in [-0.25, -0.2) is 0 Å². The van der Waals surface area contributed by atoms with E-state index in [-0.39, 0.29) is 6.04 Å². The van der Waals surface area contributed by atoms with E-state index >= 15 is 0 Å². The first-order chi connectivity index (χ1) is 6.42. The summed E-state index contributed by atoms with van der Waals surface area (Å²) in [5, 5.41) is 1.88. The molecule has 1 aliphatic heterocycles. The number of fused-ring (bicyclic) bond motifs is 1. The minimum absolute atomic E-state index is 0.259. The fourth-order valence-corrected chi connectivity index (χ4v) is 1.54. The summed E-state index contributed by atoms with van der Waals surface area (Å²) in [5.74, 6) is 0. The van der Waals surface area contributed by atoms with Gasteiger partial charge in [-0.3, -0.25) is 9.90 Å². The number of hydrogen-bond donors (Lipinski definition) is 0. The zero-order valence-electron chi connectivity index (χ0n) is 7.68. The van der Waals surface area contributed by atoms with Gasteiger partial charge in [-0.05, 0) is 18.6 Å². The Morgan fingerprint density at radius 3 is 3.15 bits per heavy atom. The van der Waals surface area contributed by atoms with Crippen molar-refractivity contribution in [3.63, 3.8) is 0 Å². The van der Waals surface area contributed by atoms with Crippen LogP contribution in [0.2, 0.25) is 0 Å². The predicted octanol–water partition coefficient (Wildman–Crippen LogP) is 2.19. The lowest BCUT2D eigenvalue weighted by Gasteiger charge is -2.31. The molecule has 2 aliphatic rings. The van der Waals surface area contributed by atoms with Gasteiger partial charge in [0.15, 0.2) is 0 Å². The number of allylic oxidation sites excluding steroid dienone is 4. The number of hydroxylamine groups is 2. The van der Waals surface area contributed by atoms with Crippen LogP contribution in [0, 0.1) is 0 Å². The molecule has 0 N–H and O–H groups in total. The Kier molecular flexibility index (Phi) is 2.32. The third-order valence-corrected chi connectivity index (χ3v) is 2.11. The fourth-order valence-electron chi connectivity index (χ4n) is 1.54. The van der Waals surface area contributed by atoms with Gasteiger partial charge in [-0.2, -0.15) is 0 Å². The van der Waals surface area contributed by atoms with Crippen molar-refractivity contribution < 1.29 is 4.84 Å². The Morgan fingerprint density at radius 1 is 1.38 bits per heavy atom. The minimum Gasteiger partial charge on any atom is -0.273 e. The Balaban J connectivity index is 2.18. The molecule has 2 nitrogen and oxygen atoms in total. The average Bonchev–Trinajstić information content (AvgIpc) is 2.19. The summed E-state index contributed by atoms with van der Waals surface area (Å²) in [6, 6.07) is 0.259. The first-order valence-electron chi connectivity index (χ1n) is 4.56. The highest BCUT2D eigenvalue weighted by Crippen LogP contribution is 2.21. The summed E-state index contributed by atoms with van der Waals surface area (Å²) in [5.41, 5.74) is 1.28. The molecule has 68 valence electrons. The van der Waals surface area contributed by atoms with Gasteiger partial charge in [-0.15, -0.1) is 0 Å². The summed E-state index contributed by atoms with van der Waals surface area (Å²) in [7, 11) is 0. The molecule has 0 radical (unpaired) electrons. The highest BCUT2D eigenvalue weighted by molar-refractivity contribution is 5.40. The van der Waals surface area contributed by atoms with Crippen LogP contribution >= 0.6 is 0 Å². The van der Waals surface area contributed by atoms with E-state index in [1.807, 2.05) is 36.4 Å². The molecule has 0 saturated carbocycles. The Bertz CT molecular complexity index is 299. The zero-order valence-corrected chi connectivity index (χ0v) is 7.68. The van der Waals surface area contributed by atoms with Crippen LogP contribution < -0.4 is 0 Å². The van der Waals surface area contributed by atoms with Crippen LogP contribution in [-0.4, -0.2) is 17.7 Å². The predicted molar refractivity (Wildman–Crippen MR) is 52.8 cm³/mol. The first-order valence-corrected chi connectivity index (χ1v) is 4.56. The van der Waals surface area contributed by atoms with Crippen molar-refractivity contribution in [1.29, 1.82) is 0 Å². The van der Waals surface area contributed by atoms with Crippen molar-refractivity contribution in [3.8, 4) is 0 Å². The van der Waals surface area contributed by atoms with Crippen molar-refractivity contribution in [2.45, 2.75) is 13.0 Å². The highest BCUT2D eigenvalue weighted by atomic mass is 16.7. The third-order valence-electron chi connectivity index (χ3n) is 2.11. The lowest BCUT2D eigenvalue weighted by atomic mass is 10.00. The largest absolute Gasteiger partial charge is 0.273 e. The molecule has 1 unspecified atom stereocenters. The maximum absolute atomic E-state index is 5.47. The van der Waals surface area contributed by atoms with E-state index in [0.29, 0.717) is 6.61 Å². The topological polar surface area (TPSA) is 12.5 Å². The maximum Gasteiger partial charge on any atom is 0.0992 e. The normalized spacial score (nSPS) is 24.5. The molecule has 0 aromatic rings. The van der Waals surface area contributed by atoms with Crippen LogP contribution in [0.25, 0.3) is 0 Å². The molecule has 0 aromatic carbocycles. The van der Waals surface area contributed by atoms with E-state index in [2.05, 4.69) is 18.2 Å². The van der Waals surface area contributed by atoms with E-state index in [0.717, 1.165) is 0 Å². The molecule has 0 bridgehead atoms. The van der Waals surface area contributed by atoms with Gasteiger partial charge in [-0.1, -0.05) is 30.4 Å². The minimum atomic E-state index is 0.259. The molecule has 1 atom stereocenters. The molecule has 1 heterocycles. The van der Waals surface area contributed by atoms with Crippen LogP contribution in [0.5, 0.6) is 0 Å². The molecule has 0 amide bonds. The highest BCUT2D eigenvalue weighted by Gasteiger charge is 2.19. The van der Waals surface area contributed by atoms with Crippen molar-refractivity contribution in [1.82, 2.24) is 5.06 Å². The monoisotopic (exact) mass is 175 g/mol. The van der Waals surface area contributed by atoms with E-state index < -0.39 is 0 Å². The van der Waals surface area contributed by atoms with Gasteiger partial charge in [0.05, 0.1) is 12.6 Å². The van der Waals surface area contributed by atoms with Crippen LogP contribution in [0.1, 0.15) is 6.92 Å². The van der Waals surface area contributed by atoms with E-state index in [9.17, 15) is 0 Å². The summed E-state index contributed by atoms with van der Waals surface area (Å²) in [6.45, 7) is 2.69. The Morgan fingerprint density at radius 2 is 2.31 bits per heavy atom.